The zero-order chi connectivity index (χ0) is 27.1. The smallest absolute Gasteiger partial charge is 0.308 e. The number of carbonyl (C=O) groups is 2. The van der Waals surface area contributed by atoms with E-state index in [0.29, 0.717) is 33.1 Å². The number of nitrogens with one attached hydrogen (secondary N) is 1. The molecule has 9 nitrogen and oxygen atoms in total. The largest absolute Gasteiger partial charge is 0.493 e. The van der Waals surface area contributed by atoms with Crippen molar-refractivity contribution in [2.75, 3.05) is 12.9 Å². The highest BCUT2D eigenvalue weighted by Crippen LogP contribution is 2.29. The van der Waals surface area contributed by atoms with E-state index in [2.05, 4.69) is 20.7 Å². The van der Waals surface area contributed by atoms with Crippen molar-refractivity contribution in [3.8, 4) is 28.6 Å². The number of halogens is 1. The van der Waals surface area contributed by atoms with E-state index in [1.807, 2.05) is 47.9 Å². The van der Waals surface area contributed by atoms with Gasteiger partial charge in [0, 0.05) is 23.2 Å². The van der Waals surface area contributed by atoms with Crippen LogP contribution in [0.5, 0.6) is 11.5 Å². The monoisotopic (exact) mass is 549 g/mol. The Morgan fingerprint density at radius 1 is 1.05 bits per heavy atom. The second-order valence-electron chi connectivity index (χ2n) is 8.07. The molecular formula is C27H24ClN5O4S. The molecule has 38 heavy (non-hydrogen) atoms. The Bertz CT molecular complexity index is 1470. The molecule has 0 unspecified atom stereocenters. The Balaban J connectivity index is 1.46. The maximum atomic E-state index is 12.5. The van der Waals surface area contributed by atoms with Gasteiger partial charge in [-0.25, -0.2) is 5.43 Å². The number of rotatable bonds is 9. The topological polar surface area (TPSA) is 108 Å². The fourth-order valence-corrected chi connectivity index (χ4v) is 4.29. The van der Waals surface area contributed by atoms with Crippen molar-refractivity contribution in [2.24, 2.45) is 5.10 Å². The van der Waals surface area contributed by atoms with Crippen LogP contribution in [0.25, 0.3) is 17.1 Å². The summed E-state index contributed by atoms with van der Waals surface area (Å²) >= 11 is 7.30. The van der Waals surface area contributed by atoms with E-state index in [4.69, 9.17) is 21.1 Å². The summed E-state index contributed by atoms with van der Waals surface area (Å²) in [5.41, 5.74) is 6.00. The third kappa shape index (κ3) is 6.78. The SMILES string of the molecule is COc1cc(C=NNC(=O)CSc2nnc(-c3ccc(Cl)cc3)n2-c2ccc(C)cc2)ccc1OC(C)=O. The number of benzene rings is 3. The molecule has 0 saturated heterocycles. The van der Waals surface area contributed by atoms with Gasteiger partial charge in [-0.05, 0) is 67.1 Å². The van der Waals surface area contributed by atoms with Crippen molar-refractivity contribution in [3.05, 3.63) is 82.9 Å². The molecule has 0 aliphatic carbocycles. The lowest BCUT2D eigenvalue weighted by Gasteiger charge is -2.11. The quantitative estimate of drug-likeness (QED) is 0.102. The zero-order valence-corrected chi connectivity index (χ0v) is 22.4. The van der Waals surface area contributed by atoms with E-state index < -0.39 is 5.97 Å². The first-order chi connectivity index (χ1) is 18.3. The molecule has 0 bridgehead atoms. The molecule has 0 fully saturated rings. The molecule has 0 saturated carbocycles. The van der Waals surface area contributed by atoms with Gasteiger partial charge < -0.3 is 9.47 Å². The number of thioether (sulfide) groups is 1. The fraction of sp³-hybridized carbons (Fsp3) is 0.148. The predicted octanol–water partition coefficient (Wildman–Crippen LogP) is 5.07. The molecule has 1 heterocycles. The van der Waals surface area contributed by atoms with Crippen molar-refractivity contribution < 1.29 is 19.1 Å². The summed E-state index contributed by atoms with van der Waals surface area (Å²) < 4.78 is 12.2. The van der Waals surface area contributed by atoms with Gasteiger partial charge in [-0.2, -0.15) is 5.10 Å². The summed E-state index contributed by atoms with van der Waals surface area (Å²) in [7, 11) is 1.47. The van der Waals surface area contributed by atoms with Gasteiger partial charge in [0.05, 0.1) is 19.1 Å². The highest BCUT2D eigenvalue weighted by molar-refractivity contribution is 7.99. The highest BCUT2D eigenvalue weighted by Gasteiger charge is 2.17. The number of nitrogens with zero attached hydrogens (tertiary/aromatic N) is 4. The second kappa shape index (κ2) is 12.4. The number of hydrogen-bond donors (Lipinski definition) is 1. The van der Waals surface area contributed by atoms with Gasteiger partial charge >= 0.3 is 5.97 Å². The minimum absolute atomic E-state index is 0.0661. The second-order valence-corrected chi connectivity index (χ2v) is 9.45. The number of hydrogen-bond acceptors (Lipinski definition) is 8. The molecule has 1 N–H and O–H groups in total. The number of aryl methyl sites for hydroxylation is 1. The number of ether oxygens (including phenoxy) is 2. The normalized spacial score (nSPS) is 10.9. The summed E-state index contributed by atoms with van der Waals surface area (Å²) in [5.74, 6) is 0.606. The Morgan fingerprint density at radius 2 is 1.79 bits per heavy atom. The number of carbonyl (C=O) groups excluding carboxylic acids is 2. The number of amides is 1. The molecule has 0 aliphatic rings. The van der Waals surface area contributed by atoms with E-state index in [1.54, 1.807) is 30.3 Å². The number of hydrazone groups is 1. The van der Waals surface area contributed by atoms with Crippen LogP contribution < -0.4 is 14.9 Å². The van der Waals surface area contributed by atoms with Crippen LogP contribution in [-0.4, -0.2) is 45.7 Å². The summed E-state index contributed by atoms with van der Waals surface area (Å²) in [6, 6.07) is 20.2. The van der Waals surface area contributed by atoms with Gasteiger partial charge in [-0.15, -0.1) is 10.2 Å². The summed E-state index contributed by atoms with van der Waals surface area (Å²) in [6.07, 6.45) is 1.47. The molecular weight excluding hydrogens is 526 g/mol. The van der Waals surface area contributed by atoms with Crippen molar-refractivity contribution in [2.45, 2.75) is 19.0 Å². The van der Waals surface area contributed by atoms with Crippen LogP contribution in [-0.2, 0) is 9.59 Å². The molecule has 1 aromatic heterocycles. The maximum Gasteiger partial charge on any atom is 0.308 e. The van der Waals surface area contributed by atoms with Gasteiger partial charge in [0.2, 0.25) is 0 Å². The van der Waals surface area contributed by atoms with Gasteiger partial charge in [-0.1, -0.05) is 41.1 Å². The van der Waals surface area contributed by atoms with Crippen LogP contribution >= 0.6 is 23.4 Å². The van der Waals surface area contributed by atoms with E-state index in [1.165, 1.54) is 32.0 Å². The van der Waals surface area contributed by atoms with Crippen molar-refractivity contribution in [3.63, 3.8) is 0 Å². The van der Waals surface area contributed by atoms with Crippen LogP contribution in [0.3, 0.4) is 0 Å². The first-order valence-electron chi connectivity index (χ1n) is 11.4. The third-order valence-electron chi connectivity index (χ3n) is 5.20. The first kappa shape index (κ1) is 26.9. The van der Waals surface area contributed by atoms with E-state index in [0.717, 1.165) is 16.8 Å². The Hall–Kier alpha value is -4.15. The summed E-state index contributed by atoms with van der Waals surface area (Å²) in [4.78, 5) is 23.7. The van der Waals surface area contributed by atoms with E-state index in [-0.39, 0.29) is 11.7 Å². The molecule has 194 valence electrons. The predicted molar refractivity (Wildman–Crippen MR) is 147 cm³/mol. The molecule has 1 amide bonds. The van der Waals surface area contributed by atoms with Crippen molar-refractivity contribution in [1.82, 2.24) is 20.2 Å². The molecule has 11 heteroatoms. The molecule has 0 radical (unpaired) electrons. The fourth-order valence-electron chi connectivity index (χ4n) is 3.42. The molecule has 4 rings (SSSR count). The van der Waals surface area contributed by atoms with E-state index >= 15 is 0 Å². The van der Waals surface area contributed by atoms with Crippen LogP contribution in [0.15, 0.2) is 77.0 Å². The number of esters is 1. The minimum Gasteiger partial charge on any atom is -0.493 e. The lowest BCUT2D eigenvalue weighted by atomic mass is 10.2. The van der Waals surface area contributed by atoms with Gasteiger partial charge in [0.1, 0.15) is 0 Å². The molecule has 0 spiro atoms. The molecule has 3 aromatic carbocycles. The summed E-state index contributed by atoms with van der Waals surface area (Å²) in [6.45, 7) is 3.32. The van der Waals surface area contributed by atoms with Gasteiger partial charge in [-0.3, -0.25) is 14.2 Å². The number of aromatic nitrogens is 3. The van der Waals surface area contributed by atoms with Gasteiger partial charge in [0.15, 0.2) is 22.5 Å². The van der Waals surface area contributed by atoms with Crippen molar-refractivity contribution in [1.29, 1.82) is 0 Å². The van der Waals surface area contributed by atoms with Crippen molar-refractivity contribution >= 4 is 41.5 Å². The van der Waals surface area contributed by atoms with Crippen LogP contribution in [0, 0.1) is 6.92 Å². The Morgan fingerprint density at radius 3 is 2.47 bits per heavy atom. The highest BCUT2D eigenvalue weighted by atomic mass is 35.5. The zero-order valence-electron chi connectivity index (χ0n) is 20.8. The van der Waals surface area contributed by atoms with Crippen LogP contribution in [0.1, 0.15) is 18.1 Å². The lowest BCUT2D eigenvalue weighted by molar-refractivity contribution is -0.132. The number of methoxy groups -OCH3 is 1. The summed E-state index contributed by atoms with van der Waals surface area (Å²) in [5, 5.41) is 13.9. The lowest BCUT2D eigenvalue weighted by Crippen LogP contribution is -2.20. The Labute approximate surface area is 228 Å². The Kier molecular flexibility index (Phi) is 8.77. The first-order valence-corrected chi connectivity index (χ1v) is 12.8. The molecule has 0 atom stereocenters. The average Bonchev–Trinajstić information content (AvgIpc) is 3.32. The standard InChI is InChI=1S/C27H24ClN5O4S/c1-17-4-11-22(12-5-17)33-26(20-7-9-21(28)10-8-20)31-32-27(33)38-16-25(35)30-29-15-19-6-13-23(37-18(2)34)24(14-19)36-3/h4-15H,16H2,1-3H3,(H,30,35). The minimum atomic E-state index is -0.451. The molecule has 0 aliphatic heterocycles. The average molecular weight is 550 g/mol. The van der Waals surface area contributed by atoms with E-state index in [9.17, 15) is 9.59 Å². The maximum absolute atomic E-state index is 12.5. The van der Waals surface area contributed by atoms with Gasteiger partial charge in [0.25, 0.3) is 5.91 Å². The molecule has 4 aromatic rings. The third-order valence-corrected chi connectivity index (χ3v) is 6.39. The van der Waals surface area contributed by atoms with Crippen LogP contribution in [0.4, 0.5) is 0 Å². The van der Waals surface area contributed by atoms with Crippen LogP contribution in [0.2, 0.25) is 5.02 Å².